The number of benzene rings is 1. The number of carbonyl (C=O) groups is 2. The van der Waals surface area contributed by atoms with Gasteiger partial charge in [-0.05, 0) is 50.1 Å². The summed E-state index contributed by atoms with van der Waals surface area (Å²) in [5.74, 6) is 1.09. The zero-order chi connectivity index (χ0) is 22.3. The molecule has 3 aromatic rings. The van der Waals surface area contributed by atoms with Crippen molar-refractivity contribution in [3.63, 3.8) is 0 Å². The van der Waals surface area contributed by atoms with Crippen molar-refractivity contribution in [1.29, 1.82) is 0 Å². The van der Waals surface area contributed by atoms with Crippen LogP contribution in [-0.4, -0.2) is 40.0 Å². The van der Waals surface area contributed by atoms with Gasteiger partial charge < -0.3 is 23.9 Å². The van der Waals surface area contributed by atoms with Gasteiger partial charge in [0.05, 0.1) is 32.0 Å². The summed E-state index contributed by atoms with van der Waals surface area (Å²) in [6.45, 7) is 2.47. The van der Waals surface area contributed by atoms with E-state index in [-0.39, 0.29) is 24.4 Å². The van der Waals surface area contributed by atoms with Gasteiger partial charge in [-0.2, -0.15) is 0 Å². The number of rotatable bonds is 5. The van der Waals surface area contributed by atoms with Gasteiger partial charge in [0.1, 0.15) is 22.7 Å². The Labute approximate surface area is 187 Å². The number of carbonyl (C=O) groups excluding carboxylic acids is 2. The Morgan fingerprint density at radius 1 is 1.22 bits per heavy atom. The van der Waals surface area contributed by atoms with Crippen molar-refractivity contribution in [2.45, 2.75) is 63.7 Å². The molecular formula is C25H29N3O4. The third-order valence-corrected chi connectivity index (χ3v) is 6.96. The Morgan fingerprint density at radius 3 is 2.75 bits per heavy atom. The number of hydrogen-bond donors (Lipinski definition) is 1. The van der Waals surface area contributed by atoms with E-state index >= 15 is 0 Å². The Bertz CT molecular complexity index is 1140. The van der Waals surface area contributed by atoms with Crippen molar-refractivity contribution < 1.29 is 18.7 Å². The molecule has 1 aliphatic heterocycles. The van der Waals surface area contributed by atoms with Crippen LogP contribution in [0.15, 0.2) is 47.1 Å². The number of nitrogens with zero attached hydrogens (tertiary/aromatic N) is 2. The summed E-state index contributed by atoms with van der Waals surface area (Å²) in [6.07, 6.45) is 7.04. The maximum atomic E-state index is 13.7. The Balaban J connectivity index is 1.56. The molecule has 3 heterocycles. The first kappa shape index (κ1) is 20.7. The molecule has 0 spiro atoms. The molecule has 7 nitrogen and oxygen atoms in total. The van der Waals surface area contributed by atoms with Crippen LogP contribution in [-0.2, 0) is 17.9 Å². The second-order valence-corrected chi connectivity index (χ2v) is 9.09. The second kappa shape index (κ2) is 8.04. The maximum absolute atomic E-state index is 13.7. The van der Waals surface area contributed by atoms with E-state index in [0.717, 1.165) is 42.3 Å². The van der Waals surface area contributed by atoms with Crippen molar-refractivity contribution in [3.05, 3.63) is 54.1 Å². The van der Waals surface area contributed by atoms with E-state index in [1.807, 2.05) is 41.8 Å². The normalized spacial score (nSPS) is 21.6. The molecule has 2 amide bonds. The van der Waals surface area contributed by atoms with Gasteiger partial charge in [0.2, 0.25) is 5.91 Å². The second-order valence-electron chi connectivity index (χ2n) is 9.09. The summed E-state index contributed by atoms with van der Waals surface area (Å²) >= 11 is 0. The van der Waals surface area contributed by atoms with Crippen molar-refractivity contribution in [3.8, 4) is 5.75 Å². The zero-order valence-electron chi connectivity index (χ0n) is 18.6. The molecule has 1 saturated carbocycles. The lowest BCUT2D eigenvalue weighted by atomic mass is 9.91. The van der Waals surface area contributed by atoms with Crippen LogP contribution in [0.1, 0.15) is 55.3 Å². The summed E-state index contributed by atoms with van der Waals surface area (Å²) in [7, 11) is 1.62. The van der Waals surface area contributed by atoms with Crippen LogP contribution < -0.4 is 10.1 Å². The molecule has 32 heavy (non-hydrogen) atoms. The first-order chi connectivity index (χ1) is 15.5. The first-order valence-corrected chi connectivity index (χ1v) is 11.3. The molecule has 1 atom stereocenters. The number of fused-ring (bicyclic) bond motifs is 3. The molecule has 0 radical (unpaired) electrons. The molecule has 7 heteroatoms. The smallest absolute Gasteiger partial charge is 0.271 e. The van der Waals surface area contributed by atoms with Gasteiger partial charge in [0.25, 0.3) is 5.91 Å². The van der Waals surface area contributed by atoms with E-state index in [4.69, 9.17) is 9.15 Å². The number of ether oxygens (including phenoxy) is 1. The van der Waals surface area contributed by atoms with Crippen LogP contribution in [0.2, 0.25) is 0 Å². The largest absolute Gasteiger partial charge is 0.497 e. The minimum Gasteiger partial charge on any atom is -0.497 e. The third kappa shape index (κ3) is 3.45. The zero-order valence-corrected chi connectivity index (χ0v) is 18.6. The van der Waals surface area contributed by atoms with Crippen LogP contribution in [0.25, 0.3) is 10.9 Å². The monoisotopic (exact) mass is 435 g/mol. The van der Waals surface area contributed by atoms with Gasteiger partial charge in [0.15, 0.2) is 0 Å². The highest BCUT2D eigenvalue weighted by Gasteiger charge is 2.48. The molecule has 0 bridgehead atoms. The summed E-state index contributed by atoms with van der Waals surface area (Å²) in [5.41, 5.74) is 0.411. The number of furan rings is 1. The molecular weight excluding hydrogens is 406 g/mol. The predicted octanol–water partition coefficient (Wildman–Crippen LogP) is 4.11. The number of amides is 2. The summed E-state index contributed by atoms with van der Waals surface area (Å²) in [4.78, 5) is 29.1. The highest BCUT2D eigenvalue weighted by Crippen LogP contribution is 2.35. The third-order valence-electron chi connectivity index (χ3n) is 6.96. The fourth-order valence-electron chi connectivity index (χ4n) is 5.05. The number of nitrogens with one attached hydrogen (secondary N) is 1. The van der Waals surface area contributed by atoms with Gasteiger partial charge in [-0.15, -0.1) is 0 Å². The van der Waals surface area contributed by atoms with Crippen LogP contribution in [0.4, 0.5) is 0 Å². The molecule has 168 valence electrons. The highest BCUT2D eigenvalue weighted by atomic mass is 16.5. The first-order valence-electron chi connectivity index (χ1n) is 11.3. The average molecular weight is 436 g/mol. The van der Waals surface area contributed by atoms with Crippen LogP contribution >= 0.6 is 0 Å². The van der Waals surface area contributed by atoms with Crippen LogP contribution in [0.5, 0.6) is 5.75 Å². The molecule has 5 rings (SSSR count). The van der Waals surface area contributed by atoms with E-state index in [1.165, 1.54) is 6.42 Å². The molecule has 2 aromatic heterocycles. The topological polar surface area (TPSA) is 76.7 Å². The van der Waals surface area contributed by atoms with Gasteiger partial charge in [-0.3, -0.25) is 9.59 Å². The van der Waals surface area contributed by atoms with E-state index in [1.54, 1.807) is 24.3 Å². The molecule has 1 aliphatic carbocycles. The SMILES string of the molecule is COc1ccc2cc3n(c2c1)CC(C)(C(=O)NC1CCCCC1)N(Cc1ccco1)C3=O. The summed E-state index contributed by atoms with van der Waals surface area (Å²) in [6, 6.07) is 11.4. The predicted molar refractivity (Wildman–Crippen MR) is 120 cm³/mol. The number of aromatic nitrogens is 1. The van der Waals surface area contributed by atoms with E-state index in [2.05, 4.69) is 5.32 Å². The van der Waals surface area contributed by atoms with Crippen LogP contribution in [0, 0.1) is 0 Å². The van der Waals surface area contributed by atoms with E-state index in [0.29, 0.717) is 18.0 Å². The lowest BCUT2D eigenvalue weighted by Gasteiger charge is -2.44. The minimum absolute atomic E-state index is 0.111. The van der Waals surface area contributed by atoms with Crippen molar-refractivity contribution in [2.75, 3.05) is 7.11 Å². The summed E-state index contributed by atoms with van der Waals surface area (Å²) in [5, 5.41) is 4.20. The summed E-state index contributed by atoms with van der Waals surface area (Å²) < 4.78 is 12.9. The average Bonchev–Trinajstić information content (AvgIpc) is 3.45. The Morgan fingerprint density at radius 2 is 2.03 bits per heavy atom. The quantitative estimate of drug-likeness (QED) is 0.654. The van der Waals surface area contributed by atoms with Crippen LogP contribution in [0.3, 0.4) is 0 Å². The Kier molecular flexibility index (Phi) is 5.19. The van der Waals surface area contributed by atoms with Crippen molar-refractivity contribution >= 4 is 22.7 Å². The van der Waals surface area contributed by atoms with Crippen molar-refractivity contribution in [2.24, 2.45) is 0 Å². The lowest BCUT2D eigenvalue weighted by molar-refractivity contribution is -0.134. The molecule has 1 N–H and O–H groups in total. The van der Waals surface area contributed by atoms with E-state index < -0.39 is 5.54 Å². The van der Waals surface area contributed by atoms with Gasteiger partial charge >= 0.3 is 0 Å². The standard InChI is InChI=1S/C25H29N3O4/c1-25(24(30)26-18-7-4-3-5-8-18)16-27-21-14-19(31-2)11-10-17(21)13-22(27)23(29)28(25)15-20-9-6-12-32-20/h6,9-14,18H,3-5,7-8,15-16H2,1-2H3,(H,26,30). The molecule has 1 unspecified atom stereocenters. The Hall–Kier alpha value is -3.22. The number of hydrogen-bond acceptors (Lipinski definition) is 4. The minimum atomic E-state index is -1.05. The van der Waals surface area contributed by atoms with Gasteiger partial charge in [-0.1, -0.05) is 19.3 Å². The number of methoxy groups -OCH3 is 1. The fourth-order valence-corrected chi connectivity index (χ4v) is 5.05. The molecule has 0 saturated heterocycles. The van der Waals surface area contributed by atoms with Gasteiger partial charge in [-0.25, -0.2) is 0 Å². The maximum Gasteiger partial charge on any atom is 0.271 e. The lowest BCUT2D eigenvalue weighted by Crippen LogP contribution is -2.64. The van der Waals surface area contributed by atoms with E-state index in [9.17, 15) is 9.59 Å². The van der Waals surface area contributed by atoms with Crippen molar-refractivity contribution in [1.82, 2.24) is 14.8 Å². The molecule has 1 aromatic carbocycles. The highest BCUT2D eigenvalue weighted by molar-refractivity contribution is 6.03. The molecule has 1 fully saturated rings. The van der Waals surface area contributed by atoms with Gasteiger partial charge in [0, 0.05) is 17.5 Å². The fraction of sp³-hybridized carbons (Fsp3) is 0.440. The molecule has 2 aliphatic rings.